The fourth-order valence-electron chi connectivity index (χ4n) is 4.25. The molecule has 1 aliphatic carbocycles. The molecular formula is C23H28ClN5O2. The average molecular weight is 442 g/mol. The van der Waals surface area contributed by atoms with Crippen LogP contribution < -0.4 is 15.5 Å². The van der Waals surface area contributed by atoms with Crippen LogP contribution in [0.2, 0.25) is 5.02 Å². The van der Waals surface area contributed by atoms with Crippen molar-refractivity contribution in [2.24, 2.45) is 5.92 Å². The molecule has 2 aliphatic rings. The summed E-state index contributed by atoms with van der Waals surface area (Å²) in [6.45, 7) is 2.92. The number of benzene rings is 1. The van der Waals surface area contributed by atoms with Crippen molar-refractivity contribution in [1.29, 1.82) is 0 Å². The standard InChI is InChI=1S/C23H28ClN5O2/c1-15(25-2)22(30)27-21-11-10-20-19(26-21)14-28(13-16-6-3-4-7-16)23(31)29(20)18-9-5-8-17(24)12-18/h5,8-12,15-16,25H,3-4,6-7,13-14H2,1-2H3,(H,26,27,30). The van der Waals surface area contributed by atoms with E-state index in [9.17, 15) is 9.59 Å². The SMILES string of the molecule is CNC(C)C(=O)Nc1ccc2c(n1)CN(CC1CCCC1)C(=O)N2c1cccc(Cl)c1. The summed E-state index contributed by atoms with van der Waals surface area (Å²) >= 11 is 6.22. The third-order valence-corrected chi connectivity index (χ3v) is 6.33. The second-order valence-electron chi connectivity index (χ2n) is 8.29. The highest BCUT2D eigenvalue weighted by Crippen LogP contribution is 2.37. The summed E-state index contributed by atoms with van der Waals surface area (Å²) in [5.41, 5.74) is 2.18. The van der Waals surface area contributed by atoms with Crippen molar-refractivity contribution in [1.82, 2.24) is 15.2 Å². The van der Waals surface area contributed by atoms with Gasteiger partial charge in [0, 0.05) is 11.6 Å². The number of fused-ring (bicyclic) bond motifs is 1. The Hall–Kier alpha value is -2.64. The molecule has 1 aliphatic heterocycles. The van der Waals surface area contributed by atoms with Crippen LogP contribution >= 0.6 is 11.6 Å². The molecule has 0 radical (unpaired) electrons. The Bertz CT molecular complexity index is 976. The molecule has 3 amide bonds. The van der Waals surface area contributed by atoms with Gasteiger partial charge >= 0.3 is 6.03 Å². The van der Waals surface area contributed by atoms with Crippen LogP contribution in [0.15, 0.2) is 36.4 Å². The molecule has 1 atom stereocenters. The number of halogens is 1. The molecule has 1 saturated carbocycles. The molecule has 7 nitrogen and oxygen atoms in total. The van der Waals surface area contributed by atoms with E-state index in [0.29, 0.717) is 35.5 Å². The summed E-state index contributed by atoms with van der Waals surface area (Å²) in [7, 11) is 1.74. The molecule has 1 aromatic carbocycles. The highest BCUT2D eigenvalue weighted by atomic mass is 35.5. The van der Waals surface area contributed by atoms with E-state index in [2.05, 4.69) is 10.6 Å². The number of rotatable bonds is 6. The number of carbonyl (C=O) groups excluding carboxylic acids is 2. The first-order valence-corrected chi connectivity index (χ1v) is 11.2. The third kappa shape index (κ3) is 4.67. The molecule has 0 spiro atoms. The maximum Gasteiger partial charge on any atom is 0.329 e. The average Bonchev–Trinajstić information content (AvgIpc) is 3.27. The predicted molar refractivity (Wildman–Crippen MR) is 123 cm³/mol. The number of aromatic nitrogens is 1. The second-order valence-corrected chi connectivity index (χ2v) is 8.73. The highest BCUT2D eigenvalue weighted by Gasteiger charge is 2.34. The minimum atomic E-state index is -0.332. The number of nitrogens with zero attached hydrogens (tertiary/aromatic N) is 3. The van der Waals surface area contributed by atoms with E-state index in [1.54, 1.807) is 37.1 Å². The lowest BCUT2D eigenvalue weighted by molar-refractivity contribution is -0.117. The van der Waals surface area contributed by atoms with Gasteiger partial charge in [-0.05, 0) is 63.1 Å². The van der Waals surface area contributed by atoms with Gasteiger partial charge in [0.15, 0.2) is 0 Å². The van der Waals surface area contributed by atoms with E-state index in [-0.39, 0.29) is 18.0 Å². The van der Waals surface area contributed by atoms with Gasteiger partial charge in [-0.3, -0.25) is 9.69 Å². The molecule has 31 heavy (non-hydrogen) atoms. The third-order valence-electron chi connectivity index (χ3n) is 6.09. The first-order chi connectivity index (χ1) is 15.0. The van der Waals surface area contributed by atoms with Gasteiger partial charge in [-0.1, -0.05) is 30.5 Å². The van der Waals surface area contributed by atoms with Crippen LogP contribution in [0, 0.1) is 5.92 Å². The number of likely N-dealkylation sites (N-methyl/N-ethyl adjacent to an activating group) is 1. The summed E-state index contributed by atoms with van der Waals surface area (Å²) in [6, 6.07) is 10.5. The number of nitrogens with one attached hydrogen (secondary N) is 2. The lowest BCUT2D eigenvalue weighted by Crippen LogP contribution is -2.46. The minimum absolute atomic E-state index is 0.0657. The second kappa shape index (κ2) is 9.24. The van der Waals surface area contributed by atoms with Crippen LogP contribution in [0.25, 0.3) is 0 Å². The number of carbonyl (C=O) groups is 2. The monoisotopic (exact) mass is 441 g/mol. The molecule has 2 aromatic rings. The molecular weight excluding hydrogens is 414 g/mol. The molecule has 0 saturated heterocycles. The van der Waals surface area contributed by atoms with E-state index in [1.807, 2.05) is 23.1 Å². The van der Waals surface area contributed by atoms with Gasteiger partial charge in [0.05, 0.1) is 29.7 Å². The fraction of sp³-hybridized carbons (Fsp3) is 0.435. The summed E-state index contributed by atoms with van der Waals surface area (Å²) < 4.78 is 0. The zero-order valence-corrected chi connectivity index (χ0v) is 18.7. The van der Waals surface area contributed by atoms with Crippen LogP contribution in [0.5, 0.6) is 0 Å². The van der Waals surface area contributed by atoms with Crippen molar-refractivity contribution in [2.45, 2.75) is 45.2 Å². The predicted octanol–water partition coefficient (Wildman–Crippen LogP) is 4.55. The van der Waals surface area contributed by atoms with Crippen molar-refractivity contribution in [3.63, 3.8) is 0 Å². The summed E-state index contributed by atoms with van der Waals surface area (Å²) in [5.74, 6) is 0.842. The van der Waals surface area contributed by atoms with Crippen molar-refractivity contribution in [3.8, 4) is 0 Å². The van der Waals surface area contributed by atoms with Crippen molar-refractivity contribution >= 4 is 40.7 Å². The summed E-state index contributed by atoms with van der Waals surface area (Å²) in [4.78, 5) is 34.0. The van der Waals surface area contributed by atoms with E-state index < -0.39 is 0 Å². The van der Waals surface area contributed by atoms with Gasteiger partial charge in [-0.25, -0.2) is 9.78 Å². The molecule has 1 aromatic heterocycles. The van der Waals surface area contributed by atoms with Gasteiger partial charge in [0.25, 0.3) is 0 Å². The Kier molecular flexibility index (Phi) is 6.43. The van der Waals surface area contributed by atoms with E-state index >= 15 is 0 Å². The lowest BCUT2D eigenvalue weighted by Gasteiger charge is -2.37. The zero-order chi connectivity index (χ0) is 22.0. The zero-order valence-electron chi connectivity index (χ0n) is 17.9. The van der Waals surface area contributed by atoms with E-state index in [1.165, 1.54) is 12.8 Å². The van der Waals surface area contributed by atoms with E-state index in [0.717, 1.165) is 24.2 Å². The first-order valence-electron chi connectivity index (χ1n) is 10.8. The number of hydrogen-bond acceptors (Lipinski definition) is 4. The minimum Gasteiger partial charge on any atom is -0.318 e. The molecule has 164 valence electrons. The molecule has 2 heterocycles. The number of anilines is 3. The first kappa shape index (κ1) is 21.6. The van der Waals surface area contributed by atoms with Gasteiger partial charge in [-0.15, -0.1) is 0 Å². The van der Waals surface area contributed by atoms with Crippen LogP contribution in [0.3, 0.4) is 0 Å². The largest absolute Gasteiger partial charge is 0.329 e. The Labute approximate surface area is 187 Å². The summed E-state index contributed by atoms with van der Waals surface area (Å²) in [6.07, 6.45) is 4.75. The number of pyridine rings is 1. The number of amides is 3. The van der Waals surface area contributed by atoms with Gasteiger partial charge < -0.3 is 15.5 Å². The normalized spacial score (nSPS) is 17.6. The van der Waals surface area contributed by atoms with E-state index in [4.69, 9.17) is 16.6 Å². The van der Waals surface area contributed by atoms with Gasteiger partial charge in [-0.2, -0.15) is 0 Å². The molecule has 1 unspecified atom stereocenters. The smallest absolute Gasteiger partial charge is 0.318 e. The fourth-order valence-corrected chi connectivity index (χ4v) is 4.44. The Morgan fingerprint density at radius 1 is 1.26 bits per heavy atom. The maximum absolute atomic E-state index is 13.5. The van der Waals surface area contributed by atoms with Crippen molar-refractivity contribution in [3.05, 3.63) is 47.1 Å². The molecule has 4 rings (SSSR count). The van der Waals surface area contributed by atoms with Crippen LogP contribution in [-0.2, 0) is 11.3 Å². The Morgan fingerprint density at radius 3 is 2.74 bits per heavy atom. The van der Waals surface area contributed by atoms with Crippen LogP contribution in [0.1, 0.15) is 38.3 Å². The molecule has 8 heteroatoms. The Balaban J connectivity index is 1.68. The van der Waals surface area contributed by atoms with Gasteiger partial charge in [0.1, 0.15) is 5.82 Å². The van der Waals surface area contributed by atoms with Crippen LogP contribution in [-0.4, -0.2) is 41.5 Å². The van der Waals surface area contributed by atoms with Crippen molar-refractivity contribution in [2.75, 3.05) is 23.8 Å². The number of urea groups is 1. The molecule has 0 bridgehead atoms. The Morgan fingerprint density at radius 2 is 2.03 bits per heavy atom. The quantitative estimate of drug-likeness (QED) is 0.689. The summed E-state index contributed by atoms with van der Waals surface area (Å²) in [5, 5.41) is 6.34. The lowest BCUT2D eigenvalue weighted by atomic mass is 10.1. The molecule has 2 N–H and O–H groups in total. The maximum atomic E-state index is 13.5. The van der Waals surface area contributed by atoms with Gasteiger partial charge in [0.2, 0.25) is 5.91 Å². The highest BCUT2D eigenvalue weighted by molar-refractivity contribution is 6.31. The van der Waals surface area contributed by atoms with Crippen molar-refractivity contribution < 1.29 is 9.59 Å². The van der Waals surface area contributed by atoms with Crippen LogP contribution in [0.4, 0.5) is 22.0 Å². The molecule has 1 fully saturated rings. The topological polar surface area (TPSA) is 77.6 Å². The number of hydrogen-bond donors (Lipinski definition) is 2.